The van der Waals surface area contributed by atoms with Crippen LogP contribution in [-0.2, 0) is 9.09 Å². The standard InChI is InChI=1S/C35H36F3N6O6P/c1-3-24-26(36)9-6-20-14-23(49-19(2)50-51(45,46)47)15-25(27(20)24)30-29(37)31-28(32(38)40-30)33(43-16-21-7-8-22(17-43)39-21)42-34(41-31)48-18-35-10-4-12-44(35)13-5-11-35/h1,6,9,14-15,19,21-22,39H,4-5,7-8,10-13,16-18H2,2H3,(H2,45,46,47). The van der Waals surface area contributed by atoms with E-state index in [4.69, 9.17) is 15.9 Å². The van der Waals surface area contributed by atoms with Gasteiger partial charge in [-0.15, -0.1) is 6.42 Å². The van der Waals surface area contributed by atoms with Crippen molar-refractivity contribution >= 4 is 35.3 Å². The average molecular weight is 725 g/mol. The summed E-state index contributed by atoms with van der Waals surface area (Å²) in [4.78, 5) is 36.1. The third-order valence-corrected chi connectivity index (χ3v) is 11.1. The first-order chi connectivity index (χ1) is 24.4. The van der Waals surface area contributed by atoms with Gasteiger partial charge in [0.2, 0.25) is 12.2 Å². The second-order valence-electron chi connectivity index (χ2n) is 13.8. The van der Waals surface area contributed by atoms with Gasteiger partial charge >= 0.3 is 13.8 Å². The molecule has 0 radical (unpaired) electrons. The molecule has 0 amide bonds. The number of nitrogens with one attached hydrogen (secondary N) is 1. The number of ether oxygens (including phenoxy) is 2. The van der Waals surface area contributed by atoms with Gasteiger partial charge in [-0.25, -0.2) is 22.9 Å². The molecule has 51 heavy (non-hydrogen) atoms. The zero-order chi connectivity index (χ0) is 35.7. The maximum absolute atomic E-state index is 17.1. The van der Waals surface area contributed by atoms with Crippen LogP contribution in [-0.4, -0.2) is 86.3 Å². The zero-order valence-electron chi connectivity index (χ0n) is 27.7. The first-order valence-corrected chi connectivity index (χ1v) is 18.5. The van der Waals surface area contributed by atoms with Crippen LogP contribution in [0.1, 0.15) is 51.0 Å². The smallest absolute Gasteiger partial charge is 0.465 e. The largest absolute Gasteiger partial charge is 0.472 e. The zero-order valence-corrected chi connectivity index (χ0v) is 28.6. The Bertz CT molecular complexity index is 2120. The summed E-state index contributed by atoms with van der Waals surface area (Å²) >= 11 is 0. The second-order valence-corrected chi connectivity index (χ2v) is 15.0. The monoisotopic (exact) mass is 724 g/mol. The number of fused-ring (bicyclic) bond motifs is 5. The van der Waals surface area contributed by atoms with Gasteiger partial charge in [-0.05, 0) is 82.1 Å². The molecule has 3 atom stereocenters. The van der Waals surface area contributed by atoms with E-state index >= 15 is 13.2 Å². The van der Waals surface area contributed by atoms with Crippen molar-refractivity contribution in [3.8, 4) is 35.4 Å². The van der Waals surface area contributed by atoms with Gasteiger partial charge in [0, 0.05) is 36.1 Å². The van der Waals surface area contributed by atoms with E-state index in [0.717, 1.165) is 57.7 Å². The van der Waals surface area contributed by atoms with Crippen molar-refractivity contribution < 1.29 is 41.5 Å². The number of anilines is 1. The van der Waals surface area contributed by atoms with Crippen LogP contribution < -0.4 is 19.7 Å². The molecule has 12 nitrogen and oxygen atoms in total. The Morgan fingerprint density at radius 1 is 1.08 bits per heavy atom. The van der Waals surface area contributed by atoms with Crippen LogP contribution in [0.3, 0.4) is 0 Å². The minimum absolute atomic E-state index is 0.0460. The van der Waals surface area contributed by atoms with Crippen molar-refractivity contribution in [3.05, 3.63) is 47.4 Å². The molecule has 4 aliphatic heterocycles. The summed E-state index contributed by atoms with van der Waals surface area (Å²) in [6.07, 6.45) is 10.2. The fourth-order valence-electron chi connectivity index (χ4n) is 8.41. The molecular formula is C35H36F3N6O6P. The van der Waals surface area contributed by atoms with Crippen LogP contribution in [0, 0.1) is 29.9 Å². The van der Waals surface area contributed by atoms with Crippen LogP contribution in [0.4, 0.5) is 19.0 Å². The molecule has 3 unspecified atom stereocenters. The summed E-state index contributed by atoms with van der Waals surface area (Å²) in [5, 5.41) is 3.64. The van der Waals surface area contributed by atoms with E-state index in [1.165, 1.54) is 25.1 Å². The van der Waals surface area contributed by atoms with E-state index in [2.05, 4.69) is 35.6 Å². The van der Waals surface area contributed by atoms with Gasteiger partial charge in [-0.1, -0.05) is 12.0 Å². The van der Waals surface area contributed by atoms with Crippen molar-refractivity contribution in [2.45, 2.75) is 69.4 Å². The number of piperazine rings is 1. The van der Waals surface area contributed by atoms with Gasteiger partial charge in [0.15, 0.2) is 5.82 Å². The van der Waals surface area contributed by atoms with Gasteiger partial charge in [-0.3, -0.25) is 4.90 Å². The first kappa shape index (κ1) is 34.1. The summed E-state index contributed by atoms with van der Waals surface area (Å²) < 4.78 is 76.7. The topological polar surface area (TPSA) is 142 Å². The molecule has 2 aromatic carbocycles. The molecule has 3 N–H and O–H groups in total. The minimum Gasteiger partial charge on any atom is -0.465 e. The van der Waals surface area contributed by atoms with Gasteiger partial charge in [0.05, 0.1) is 11.1 Å². The number of hydrogen-bond acceptors (Lipinski definition) is 10. The molecule has 268 valence electrons. The predicted molar refractivity (Wildman–Crippen MR) is 182 cm³/mol. The van der Waals surface area contributed by atoms with Crippen LogP contribution in [0.25, 0.3) is 32.9 Å². The molecule has 4 fully saturated rings. The van der Waals surface area contributed by atoms with E-state index in [9.17, 15) is 14.4 Å². The molecule has 16 heteroatoms. The average Bonchev–Trinajstić information content (AvgIpc) is 3.77. The Hall–Kier alpha value is -4.03. The lowest BCUT2D eigenvalue weighted by molar-refractivity contribution is -0.000716. The van der Waals surface area contributed by atoms with Gasteiger partial charge in [-0.2, -0.15) is 14.4 Å². The number of phosphoric ester groups is 1. The highest BCUT2D eigenvalue weighted by molar-refractivity contribution is 7.46. The number of rotatable bonds is 9. The number of phosphoric acid groups is 1. The second kappa shape index (κ2) is 12.9. The third kappa shape index (κ3) is 6.28. The summed E-state index contributed by atoms with van der Waals surface area (Å²) in [6, 6.07) is 5.35. The summed E-state index contributed by atoms with van der Waals surface area (Å²) in [6.45, 7) is 4.54. The number of terminal acetylenes is 1. The lowest BCUT2D eigenvalue weighted by Crippen LogP contribution is -2.51. The normalized spacial score (nSPS) is 22.0. The maximum Gasteiger partial charge on any atom is 0.472 e. The van der Waals surface area contributed by atoms with E-state index in [1.807, 2.05) is 4.90 Å². The van der Waals surface area contributed by atoms with E-state index in [0.29, 0.717) is 19.7 Å². The van der Waals surface area contributed by atoms with Gasteiger partial charge in [0.1, 0.15) is 40.6 Å². The number of benzene rings is 2. The summed E-state index contributed by atoms with van der Waals surface area (Å²) in [5.41, 5.74) is -1.42. The van der Waals surface area contributed by atoms with Crippen molar-refractivity contribution in [2.75, 3.05) is 37.7 Å². The first-order valence-electron chi connectivity index (χ1n) is 17.0. The van der Waals surface area contributed by atoms with Gasteiger partial charge < -0.3 is 29.5 Å². The van der Waals surface area contributed by atoms with Crippen LogP contribution in [0.15, 0.2) is 24.3 Å². The quantitative estimate of drug-likeness (QED) is 0.0923. The van der Waals surface area contributed by atoms with E-state index < -0.39 is 37.4 Å². The Balaban J connectivity index is 1.29. The number of halogens is 3. The Morgan fingerprint density at radius 2 is 1.80 bits per heavy atom. The van der Waals surface area contributed by atoms with Gasteiger partial charge in [0.25, 0.3) is 0 Å². The highest BCUT2D eigenvalue weighted by atomic mass is 31.2. The van der Waals surface area contributed by atoms with E-state index in [1.54, 1.807) is 0 Å². The lowest BCUT2D eigenvalue weighted by atomic mass is 9.95. The SMILES string of the molecule is C#Cc1c(F)ccc2cc(OC(C)OP(=O)(O)O)cc(-c3nc(F)c4c(N5CC6CCC(C5)N6)nc(OCC56CCCN5CCC6)nc4c3F)c12. The lowest BCUT2D eigenvalue weighted by Gasteiger charge is -2.34. The molecule has 4 aromatic rings. The molecular weight excluding hydrogens is 688 g/mol. The van der Waals surface area contributed by atoms with Crippen molar-refractivity contribution in [1.29, 1.82) is 0 Å². The fourth-order valence-corrected chi connectivity index (χ4v) is 8.84. The highest BCUT2D eigenvalue weighted by Crippen LogP contribution is 2.43. The molecule has 0 spiro atoms. The molecule has 6 heterocycles. The summed E-state index contributed by atoms with van der Waals surface area (Å²) in [7, 11) is -4.94. The number of pyridine rings is 1. The van der Waals surface area contributed by atoms with Crippen LogP contribution in [0.5, 0.6) is 11.8 Å². The van der Waals surface area contributed by atoms with Crippen molar-refractivity contribution in [2.24, 2.45) is 0 Å². The number of hydrogen-bond donors (Lipinski definition) is 3. The molecule has 4 aliphatic rings. The molecule has 4 saturated heterocycles. The minimum atomic E-state index is -4.94. The number of nitrogens with zero attached hydrogens (tertiary/aromatic N) is 5. The number of aromatic nitrogens is 3. The molecule has 2 bridgehead atoms. The van der Waals surface area contributed by atoms with Crippen molar-refractivity contribution in [3.63, 3.8) is 0 Å². The van der Waals surface area contributed by atoms with Crippen LogP contribution >= 0.6 is 7.82 Å². The summed E-state index contributed by atoms with van der Waals surface area (Å²) in [5.74, 6) is -0.439. The predicted octanol–water partition coefficient (Wildman–Crippen LogP) is 5.03. The highest BCUT2D eigenvalue weighted by Gasteiger charge is 2.45. The molecule has 0 aliphatic carbocycles. The molecule has 8 rings (SSSR count). The maximum atomic E-state index is 17.1. The third-order valence-electron chi connectivity index (χ3n) is 10.5. The Labute approximate surface area is 291 Å². The Morgan fingerprint density at radius 3 is 2.49 bits per heavy atom. The fraction of sp³-hybridized carbons (Fsp3) is 0.457. The molecule has 2 aromatic heterocycles. The molecule has 0 saturated carbocycles. The van der Waals surface area contributed by atoms with Crippen molar-refractivity contribution in [1.82, 2.24) is 25.2 Å². The van der Waals surface area contributed by atoms with E-state index in [-0.39, 0.29) is 68.0 Å². The Kier molecular flexibility index (Phi) is 8.60. The van der Waals surface area contributed by atoms with Crippen LogP contribution in [0.2, 0.25) is 0 Å².